The number of hydrogen-bond acceptors (Lipinski definition) is 3. The van der Waals surface area contributed by atoms with Crippen LogP contribution in [0.1, 0.15) is 32.3 Å². The normalized spacial score (nSPS) is 10.8. The zero-order valence-corrected chi connectivity index (χ0v) is 13.2. The molecule has 2 aromatic rings. The van der Waals surface area contributed by atoms with Crippen molar-refractivity contribution in [1.29, 1.82) is 0 Å². The van der Waals surface area contributed by atoms with Gasteiger partial charge in [-0.3, -0.25) is 4.68 Å². The summed E-state index contributed by atoms with van der Waals surface area (Å²) in [6.07, 6.45) is 6.29. The van der Waals surface area contributed by atoms with Gasteiger partial charge in [0.05, 0.1) is 13.3 Å². The maximum atomic E-state index is 5.35. The lowest BCUT2D eigenvalue weighted by Gasteiger charge is -2.11. The molecule has 0 spiro atoms. The van der Waals surface area contributed by atoms with E-state index in [0.29, 0.717) is 0 Å². The van der Waals surface area contributed by atoms with Crippen molar-refractivity contribution in [2.45, 2.75) is 39.8 Å². The SMILES string of the molecule is CCCNCc1cc(OC)ccc1-c1cnn(CCC)c1. The van der Waals surface area contributed by atoms with Gasteiger partial charge in [-0.1, -0.05) is 19.9 Å². The number of hydrogen-bond donors (Lipinski definition) is 1. The Morgan fingerprint density at radius 1 is 1.24 bits per heavy atom. The molecule has 0 aliphatic carbocycles. The van der Waals surface area contributed by atoms with E-state index in [0.717, 1.165) is 38.2 Å². The van der Waals surface area contributed by atoms with Gasteiger partial charge in [-0.15, -0.1) is 0 Å². The van der Waals surface area contributed by atoms with E-state index < -0.39 is 0 Å². The highest BCUT2D eigenvalue weighted by Gasteiger charge is 2.09. The Morgan fingerprint density at radius 2 is 2.10 bits per heavy atom. The summed E-state index contributed by atoms with van der Waals surface area (Å²) in [7, 11) is 1.71. The molecular weight excluding hydrogens is 262 g/mol. The second-order valence-electron chi connectivity index (χ2n) is 5.19. The van der Waals surface area contributed by atoms with Crippen LogP contribution in [0.15, 0.2) is 30.6 Å². The van der Waals surface area contributed by atoms with E-state index in [1.54, 1.807) is 7.11 Å². The Hall–Kier alpha value is -1.81. The van der Waals surface area contributed by atoms with E-state index >= 15 is 0 Å². The second kappa shape index (κ2) is 7.84. The number of rotatable bonds is 8. The number of aryl methyl sites for hydroxylation is 1. The van der Waals surface area contributed by atoms with Crippen LogP contribution in [0.4, 0.5) is 0 Å². The molecule has 0 bridgehead atoms. The molecule has 0 saturated carbocycles. The van der Waals surface area contributed by atoms with Crippen molar-refractivity contribution in [3.05, 3.63) is 36.2 Å². The first-order valence-electron chi connectivity index (χ1n) is 7.69. The quantitative estimate of drug-likeness (QED) is 0.756. The van der Waals surface area contributed by atoms with Gasteiger partial charge < -0.3 is 10.1 Å². The molecule has 2 rings (SSSR count). The topological polar surface area (TPSA) is 39.1 Å². The average molecular weight is 287 g/mol. The van der Waals surface area contributed by atoms with E-state index in [-0.39, 0.29) is 0 Å². The molecule has 0 aliphatic heterocycles. The minimum atomic E-state index is 0.847. The molecule has 4 heteroatoms. The second-order valence-corrected chi connectivity index (χ2v) is 5.19. The summed E-state index contributed by atoms with van der Waals surface area (Å²) in [6.45, 7) is 7.16. The van der Waals surface area contributed by atoms with Crippen molar-refractivity contribution in [2.24, 2.45) is 0 Å². The molecule has 1 aromatic heterocycles. The van der Waals surface area contributed by atoms with E-state index in [4.69, 9.17) is 4.74 Å². The van der Waals surface area contributed by atoms with Crippen LogP contribution in [-0.4, -0.2) is 23.4 Å². The smallest absolute Gasteiger partial charge is 0.119 e. The molecule has 0 unspecified atom stereocenters. The Labute approximate surface area is 127 Å². The molecular formula is C17H25N3O. The fourth-order valence-corrected chi connectivity index (χ4v) is 2.38. The standard InChI is InChI=1S/C17H25N3O/c1-4-8-18-11-14-10-16(21-3)6-7-17(14)15-12-19-20(13-15)9-5-2/h6-7,10,12-13,18H,4-5,8-9,11H2,1-3H3. The fraction of sp³-hybridized carbons (Fsp3) is 0.471. The number of nitrogens with one attached hydrogen (secondary N) is 1. The predicted octanol–water partition coefficient (Wildman–Crippen LogP) is 3.47. The van der Waals surface area contributed by atoms with E-state index in [1.165, 1.54) is 16.7 Å². The molecule has 0 saturated heterocycles. The summed E-state index contributed by atoms with van der Waals surface area (Å²) < 4.78 is 7.35. The molecule has 4 nitrogen and oxygen atoms in total. The zero-order chi connectivity index (χ0) is 15.1. The van der Waals surface area contributed by atoms with Gasteiger partial charge in [-0.25, -0.2) is 0 Å². The van der Waals surface area contributed by atoms with E-state index in [1.807, 2.05) is 16.9 Å². The van der Waals surface area contributed by atoms with Crippen LogP contribution in [0, 0.1) is 0 Å². The van der Waals surface area contributed by atoms with Crippen molar-refractivity contribution in [1.82, 2.24) is 15.1 Å². The number of methoxy groups -OCH3 is 1. The Balaban J connectivity index is 2.26. The van der Waals surface area contributed by atoms with Crippen LogP contribution in [0.2, 0.25) is 0 Å². The first kappa shape index (κ1) is 15.6. The molecule has 0 radical (unpaired) electrons. The number of nitrogens with zero attached hydrogens (tertiary/aromatic N) is 2. The molecule has 1 aromatic carbocycles. The number of ether oxygens (including phenoxy) is 1. The molecule has 1 heterocycles. The van der Waals surface area contributed by atoms with Crippen LogP contribution in [0.3, 0.4) is 0 Å². The average Bonchev–Trinajstić information content (AvgIpc) is 2.96. The van der Waals surface area contributed by atoms with Gasteiger partial charge in [0.25, 0.3) is 0 Å². The first-order valence-corrected chi connectivity index (χ1v) is 7.69. The van der Waals surface area contributed by atoms with Crippen molar-refractivity contribution in [2.75, 3.05) is 13.7 Å². The Bertz CT molecular complexity index is 563. The molecule has 114 valence electrons. The molecule has 0 amide bonds. The Morgan fingerprint density at radius 3 is 2.81 bits per heavy atom. The minimum Gasteiger partial charge on any atom is -0.497 e. The third-order valence-electron chi connectivity index (χ3n) is 3.45. The third-order valence-corrected chi connectivity index (χ3v) is 3.45. The summed E-state index contributed by atoms with van der Waals surface area (Å²) in [5.41, 5.74) is 3.64. The highest BCUT2D eigenvalue weighted by molar-refractivity contribution is 5.67. The largest absolute Gasteiger partial charge is 0.497 e. The monoisotopic (exact) mass is 287 g/mol. The lowest BCUT2D eigenvalue weighted by atomic mass is 10.0. The minimum absolute atomic E-state index is 0.847. The molecule has 1 N–H and O–H groups in total. The summed E-state index contributed by atoms with van der Waals surface area (Å²) in [6, 6.07) is 6.24. The van der Waals surface area contributed by atoms with Gasteiger partial charge in [0.1, 0.15) is 5.75 Å². The van der Waals surface area contributed by atoms with E-state index in [9.17, 15) is 0 Å². The van der Waals surface area contributed by atoms with Gasteiger partial charge in [0, 0.05) is 24.8 Å². The van der Waals surface area contributed by atoms with Gasteiger partial charge in [0.2, 0.25) is 0 Å². The van der Waals surface area contributed by atoms with Crippen molar-refractivity contribution >= 4 is 0 Å². The van der Waals surface area contributed by atoms with Gasteiger partial charge >= 0.3 is 0 Å². The Kier molecular flexibility index (Phi) is 5.81. The molecule has 0 atom stereocenters. The zero-order valence-electron chi connectivity index (χ0n) is 13.2. The molecule has 0 aliphatic rings. The summed E-state index contributed by atoms with van der Waals surface area (Å²) in [5, 5.41) is 7.89. The fourth-order valence-electron chi connectivity index (χ4n) is 2.38. The highest BCUT2D eigenvalue weighted by atomic mass is 16.5. The van der Waals surface area contributed by atoms with Gasteiger partial charge in [-0.2, -0.15) is 5.10 Å². The van der Waals surface area contributed by atoms with Gasteiger partial charge in [0.15, 0.2) is 0 Å². The maximum absolute atomic E-state index is 5.35. The lowest BCUT2D eigenvalue weighted by Crippen LogP contribution is -2.14. The highest BCUT2D eigenvalue weighted by Crippen LogP contribution is 2.27. The van der Waals surface area contributed by atoms with Crippen LogP contribution >= 0.6 is 0 Å². The number of benzene rings is 1. The first-order chi connectivity index (χ1) is 10.3. The summed E-state index contributed by atoms with van der Waals surface area (Å²) >= 11 is 0. The van der Waals surface area contributed by atoms with Gasteiger partial charge in [-0.05, 0) is 42.6 Å². The van der Waals surface area contributed by atoms with Crippen LogP contribution in [-0.2, 0) is 13.1 Å². The van der Waals surface area contributed by atoms with Crippen LogP contribution in [0.5, 0.6) is 5.75 Å². The maximum Gasteiger partial charge on any atom is 0.119 e. The number of aromatic nitrogens is 2. The predicted molar refractivity (Wildman–Crippen MR) is 86.5 cm³/mol. The lowest BCUT2D eigenvalue weighted by molar-refractivity contribution is 0.414. The summed E-state index contributed by atoms with van der Waals surface area (Å²) in [5.74, 6) is 0.896. The van der Waals surface area contributed by atoms with Crippen molar-refractivity contribution in [3.63, 3.8) is 0 Å². The van der Waals surface area contributed by atoms with Crippen molar-refractivity contribution < 1.29 is 4.74 Å². The molecule has 0 fully saturated rings. The van der Waals surface area contributed by atoms with Crippen molar-refractivity contribution in [3.8, 4) is 16.9 Å². The molecule has 21 heavy (non-hydrogen) atoms. The third kappa shape index (κ3) is 4.08. The van der Waals surface area contributed by atoms with Crippen LogP contribution < -0.4 is 10.1 Å². The van der Waals surface area contributed by atoms with Crippen LogP contribution in [0.25, 0.3) is 11.1 Å². The summed E-state index contributed by atoms with van der Waals surface area (Å²) in [4.78, 5) is 0. The van der Waals surface area contributed by atoms with E-state index in [2.05, 4.69) is 42.6 Å².